The molecule has 2 fully saturated rings. The van der Waals surface area contributed by atoms with E-state index in [0.29, 0.717) is 11.8 Å². The number of benzene rings is 1. The van der Waals surface area contributed by atoms with Crippen molar-refractivity contribution in [3.63, 3.8) is 0 Å². The standard InChI is InChI=1S/C23H36N2/c1-15(2)14-19-20(17-10-6-4-7-11-17)21(18-12-8-5-9-13-18)23(25)16(3)22(19)24/h14,17-18H,4-13,24-25H2,1-3H3. The fourth-order valence-corrected chi connectivity index (χ4v) is 5.09. The lowest BCUT2D eigenvalue weighted by molar-refractivity contribution is 0.419. The Morgan fingerprint density at radius 1 is 0.760 bits per heavy atom. The summed E-state index contributed by atoms with van der Waals surface area (Å²) < 4.78 is 0. The molecule has 4 N–H and O–H groups in total. The van der Waals surface area contributed by atoms with E-state index in [1.165, 1.54) is 86.5 Å². The summed E-state index contributed by atoms with van der Waals surface area (Å²) in [5, 5.41) is 0. The molecule has 1 aromatic carbocycles. The van der Waals surface area contributed by atoms with E-state index in [1.54, 1.807) is 0 Å². The molecular formula is C23H36N2. The lowest BCUT2D eigenvalue weighted by atomic mass is 9.72. The molecule has 2 nitrogen and oxygen atoms in total. The molecule has 1 aromatic rings. The Morgan fingerprint density at radius 3 is 1.72 bits per heavy atom. The third kappa shape index (κ3) is 3.73. The van der Waals surface area contributed by atoms with E-state index >= 15 is 0 Å². The van der Waals surface area contributed by atoms with E-state index in [4.69, 9.17) is 11.5 Å². The van der Waals surface area contributed by atoms with Crippen LogP contribution in [0.25, 0.3) is 6.08 Å². The Balaban J connectivity index is 2.22. The number of allylic oxidation sites excluding steroid dienone is 1. The van der Waals surface area contributed by atoms with Crippen molar-refractivity contribution in [1.82, 2.24) is 0 Å². The van der Waals surface area contributed by atoms with Crippen molar-refractivity contribution in [3.05, 3.63) is 27.8 Å². The molecule has 25 heavy (non-hydrogen) atoms. The first-order chi connectivity index (χ1) is 12.0. The Morgan fingerprint density at radius 2 is 1.24 bits per heavy atom. The monoisotopic (exact) mass is 340 g/mol. The van der Waals surface area contributed by atoms with Gasteiger partial charge in [-0.05, 0) is 75.0 Å². The number of hydrogen-bond donors (Lipinski definition) is 2. The molecule has 0 heterocycles. The maximum absolute atomic E-state index is 6.72. The summed E-state index contributed by atoms with van der Waals surface area (Å²) in [5.74, 6) is 1.27. The fraction of sp³-hybridized carbons (Fsp3) is 0.652. The lowest BCUT2D eigenvalue weighted by Crippen LogP contribution is -2.18. The second-order valence-corrected chi connectivity index (χ2v) is 8.58. The minimum absolute atomic E-state index is 0.634. The van der Waals surface area contributed by atoms with Crippen LogP contribution in [0.15, 0.2) is 5.57 Å². The third-order valence-electron chi connectivity index (χ3n) is 6.43. The van der Waals surface area contributed by atoms with Gasteiger partial charge in [0.25, 0.3) is 0 Å². The molecule has 0 aromatic heterocycles. The lowest BCUT2D eigenvalue weighted by Gasteiger charge is -2.34. The van der Waals surface area contributed by atoms with Crippen molar-refractivity contribution in [2.75, 3.05) is 11.5 Å². The Hall–Kier alpha value is -1.44. The summed E-state index contributed by atoms with van der Waals surface area (Å²) in [6.07, 6.45) is 15.6. The zero-order valence-electron chi connectivity index (χ0n) is 16.5. The molecule has 2 saturated carbocycles. The average Bonchev–Trinajstić information content (AvgIpc) is 2.63. The molecule has 138 valence electrons. The largest absolute Gasteiger partial charge is 0.398 e. The SMILES string of the molecule is CC(C)=Cc1c(N)c(C)c(N)c(C2CCCCC2)c1C1CCCCC1. The molecule has 3 rings (SSSR count). The van der Waals surface area contributed by atoms with Crippen LogP contribution in [0.1, 0.15) is 112 Å². The van der Waals surface area contributed by atoms with Gasteiger partial charge in [-0.15, -0.1) is 0 Å². The average molecular weight is 341 g/mol. The van der Waals surface area contributed by atoms with Crippen molar-refractivity contribution in [3.8, 4) is 0 Å². The first-order valence-electron chi connectivity index (χ1n) is 10.4. The van der Waals surface area contributed by atoms with Crippen LogP contribution in [-0.4, -0.2) is 0 Å². The normalized spacial score (nSPS) is 19.8. The number of hydrogen-bond acceptors (Lipinski definition) is 2. The predicted molar refractivity (Wildman–Crippen MR) is 111 cm³/mol. The highest BCUT2D eigenvalue weighted by atomic mass is 14.6. The van der Waals surface area contributed by atoms with Crippen LogP contribution in [0.4, 0.5) is 11.4 Å². The van der Waals surface area contributed by atoms with Gasteiger partial charge in [0.2, 0.25) is 0 Å². The topological polar surface area (TPSA) is 52.0 Å². The van der Waals surface area contributed by atoms with E-state index in [1.807, 2.05) is 0 Å². The third-order valence-corrected chi connectivity index (χ3v) is 6.43. The highest BCUT2D eigenvalue weighted by molar-refractivity contribution is 5.81. The number of nitrogen functional groups attached to an aromatic ring is 2. The van der Waals surface area contributed by atoms with Crippen LogP contribution >= 0.6 is 0 Å². The van der Waals surface area contributed by atoms with Crippen LogP contribution in [-0.2, 0) is 0 Å². The number of rotatable bonds is 3. The molecular weight excluding hydrogens is 304 g/mol. The first-order valence-corrected chi connectivity index (χ1v) is 10.4. The fourth-order valence-electron chi connectivity index (χ4n) is 5.09. The molecule has 0 amide bonds. The van der Waals surface area contributed by atoms with Crippen LogP contribution in [0, 0.1) is 6.92 Å². The van der Waals surface area contributed by atoms with Crippen LogP contribution in [0.5, 0.6) is 0 Å². The summed E-state index contributed by atoms with van der Waals surface area (Å²) >= 11 is 0. The zero-order valence-corrected chi connectivity index (χ0v) is 16.5. The van der Waals surface area contributed by atoms with Gasteiger partial charge in [0.05, 0.1) is 0 Å². The van der Waals surface area contributed by atoms with Gasteiger partial charge < -0.3 is 11.5 Å². The molecule has 2 heteroatoms. The summed E-state index contributed by atoms with van der Waals surface area (Å²) in [4.78, 5) is 0. The van der Waals surface area contributed by atoms with Crippen LogP contribution < -0.4 is 11.5 Å². The molecule has 2 aliphatic rings. The minimum atomic E-state index is 0.634. The summed E-state index contributed by atoms with van der Waals surface area (Å²) in [6, 6.07) is 0. The minimum Gasteiger partial charge on any atom is -0.398 e. The maximum atomic E-state index is 6.72. The number of anilines is 2. The van der Waals surface area contributed by atoms with Gasteiger partial charge in [-0.1, -0.05) is 50.2 Å². The van der Waals surface area contributed by atoms with Crippen molar-refractivity contribution < 1.29 is 0 Å². The smallest absolute Gasteiger partial charge is 0.0441 e. The summed E-state index contributed by atoms with van der Waals surface area (Å²) in [6.45, 7) is 6.47. The van der Waals surface area contributed by atoms with Gasteiger partial charge >= 0.3 is 0 Å². The zero-order chi connectivity index (χ0) is 18.0. The highest BCUT2D eigenvalue weighted by Crippen LogP contribution is 2.48. The molecule has 0 saturated heterocycles. The van der Waals surface area contributed by atoms with Crippen molar-refractivity contribution in [2.45, 2.75) is 96.8 Å². The quantitative estimate of drug-likeness (QED) is 0.603. The first kappa shape index (κ1) is 18.4. The van der Waals surface area contributed by atoms with Gasteiger partial charge in [-0.25, -0.2) is 0 Å². The van der Waals surface area contributed by atoms with Crippen LogP contribution in [0.2, 0.25) is 0 Å². The van der Waals surface area contributed by atoms with Crippen molar-refractivity contribution in [2.24, 2.45) is 0 Å². The van der Waals surface area contributed by atoms with Gasteiger partial charge in [-0.2, -0.15) is 0 Å². The van der Waals surface area contributed by atoms with E-state index in [9.17, 15) is 0 Å². The molecule has 0 bridgehead atoms. The molecule has 2 aliphatic carbocycles. The van der Waals surface area contributed by atoms with E-state index in [-0.39, 0.29) is 0 Å². The Kier molecular flexibility index (Phi) is 5.76. The number of nitrogens with two attached hydrogens (primary N) is 2. The van der Waals surface area contributed by atoms with Crippen molar-refractivity contribution >= 4 is 17.5 Å². The van der Waals surface area contributed by atoms with E-state index in [0.717, 1.165) is 16.9 Å². The van der Waals surface area contributed by atoms with E-state index in [2.05, 4.69) is 26.8 Å². The highest BCUT2D eigenvalue weighted by Gasteiger charge is 2.30. The summed E-state index contributed by atoms with van der Waals surface area (Å²) in [7, 11) is 0. The second-order valence-electron chi connectivity index (χ2n) is 8.58. The molecule has 0 unspecified atom stereocenters. The Bertz CT molecular complexity index is 641. The molecule has 0 radical (unpaired) electrons. The van der Waals surface area contributed by atoms with Gasteiger partial charge in [0.15, 0.2) is 0 Å². The van der Waals surface area contributed by atoms with Gasteiger partial charge in [-0.3, -0.25) is 0 Å². The van der Waals surface area contributed by atoms with Crippen molar-refractivity contribution in [1.29, 1.82) is 0 Å². The molecule has 0 atom stereocenters. The van der Waals surface area contributed by atoms with Gasteiger partial charge in [0.1, 0.15) is 0 Å². The molecule has 0 aliphatic heterocycles. The second kappa shape index (κ2) is 7.85. The maximum Gasteiger partial charge on any atom is 0.0441 e. The predicted octanol–water partition coefficient (Wildman–Crippen LogP) is 6.68. The molecule has 0 spiro atoms. The van der Waals surface area contributed by atoms with Crippen LogP contribution in [0.3, 0.4) is 0 Å². The summed E-state index contributed by atoms with van der Waals surface area (Å²) in [5.41, 5.74) is 22.0. The Labute approximate surface area is 154 Å². The van der Waals surface area contributed by atoms with E-state index < -0.39 is 0 Å². The van der Waals surface area contributed by atoms with Gasteiger partial charge in [0, 0.05) is 16.9 Å².